The number of para-hydroxylation sites is 1. The Balaban J connectivity index is 2.73. The molecule has 0 heterocycles. The molecule has 0 fully saturated rings. The lowest BCUT2D eigenvalue weighted by atomic mass is 10.1. The van der Waals surface area contributed by atoms with Gasteiger partial charge in [0.25, 0.3) is 0 Å². The van der Waals surface area contributed by atoms with E-state index in [0.29, 0.717) is 13.2 Å². The molecule has 102 valence electrons. The fourth-order valence-electron chi connectivity index (χ4n) is 1.44. The molecule has 3 nitrogen and oxygen atoms in total. The summed E-state index contributed by atoms with van der Waals surface area (Å²) in [5, 5.41) is 3.46. The summed E-state index contributed by atoms with van der Waals surface area (Å²) in [5.41, 5.74) is 1.24. The van der Waals surface area contributed by atoms with Crippen LogP contribution in [0.15, 0.2) is 22.7 Å². The molecule has 0 amide bonds. The number of methoxy groups -OCH3 is 1. The number of ether oxygens (including phenoxy) is 2. The van der Waals surface area contributed by atoms with Crippen LogP contribution in [0.4, 0.5) is 0 Å². The summed E-state index contributed by atoms with van der Waals surface area (Å²) >= 11 is 3.53. The second-order valence-electron chi connectivity index (χ2n) is 5.17. The zero-order valence-corrected chi connectivity index (χ0v) is 13.1. The topological polar surface area (TPSA) is 30.5 Å². The van der Waals surface area contributed by atoms with Crippen molar-refractivity contribution in [3.8, 4) is 5.75 Å². The second-order valence-corrected chi connectivity index (χ2v) is 6.03. The standard InChI is InChI=1S/C14H22BrNO2/c1-14(2,3)16-10-11-6-5-7-12(15)13(11)18-9-8-17-4/h5-7,16H,8-10H2,1-4H3. The van der Waals surface area contributed by atoms with Crippen LogP contribution in [0.1, 0.15) is 26.3 Å². The van der Waals surface area contributed by atoms with Crippen molar-refractivity contribution in [1.29, 1.82) is 0 Å². The van der Waals surface area contributed by atoms with E-state index in [2.05, 4.69) is 48.1 Å². The summed E-state index contributed by atoms with van der Waals surface area (Å²) < 4.78 is 11.7. The summed E-state index contributed by atoms with van der Waals surface area (Å²) in [6, 6.07) is 6.08. The van der Waals surface area contributed by atoms with Crippen molar-refractivity contribution in [2.24, 2.45) is 0 Å². The highest BCUT2D eigenvalue weighted by Gasteiger charge is 2.12. The minimum absolute atomic E-state index is 0.0894. The van der Waals surface area contributed by atoms with Gasteiger partial charge in [-0.15, -0.1) is 0 Å². The molecule has 1 N–H and O–H groups in total. The van der Waals surface area contributed by atoms with Gasteiger partial charge in [0.2, 0.25) is 0 Å². The number of nitrogens with one attached hydrogen (secondary N) is 1. The van der Waals surface area contributed by atoms with Crippen molar-refractivity contribution in [1.82, 2.24) is 5.32 Å². The van der Waals surface area contributed by atoms with Gasteiger partial charge in [-0.3, -0.25) is 0 Å². The maximum absolute atomic E-state index is 5.76. The summed E-state index contributed by atoms with van der Waals surface area (Å²) in [7, 11) is 1.67. The van der Waals surface area contributed by atoms with Crippen LogP contribution in [0.5, 0.6) is 5.75 Å². The van der Waals surface area contributed by atoms with Gasteiger partial charge in [-0.2, -0.15) is 0 Å². The third-order valence-corrected chi connectivity index (χ3v) is 3.02. The minimum Gasteiger partial charge on any atom is -0.490 e. The Morgan fingerprint density at radius 2 is 1.94 bits per heavy atom. The van der Waals surface area contributed by atoms with E-state index in [1.807, 2.05) is 12.1 Å². The van der Waals surface area contributed by atoms with Gasteiger partial charge >= 0.3 is 0 Å². The molecule has 0 atom stereocenters. The Kier molecular flexibility index (Phi) is 6.12. The highest BCUT2D eigenvalue weighted by atomic mass is 79.9. The second kappa shape index (κ2) is 7.12. The van der Waals surface area contributed by atoms with Crippen LogP contribution < -0.4 is 10.1 Å². The molecule has 18 heavy (non-hydrogen) atoms. The molecule has 0 aliphatic carbocycles. The van der Waals surface area contributed by atoms with E-state index in [-0.39, 0.29) is 5.54 Å². The maximum atomic E-state index is 5.76. The number of hydrogen-bond acceptors (Lipinski definition) is 3. The molecule has 0 saturated carbocycles. The molecule has 0 unspecified atom stereocenters. The summed E-state index contributed by atoms with van der Waals surface area (Å²) in [6.45, 7) is 8.38. The maximum Gasteiger partial charge on any atom is 0.138 e. The van der Waals surface area contributed by atoms with Crippen LogP contribution >= 0.6 is 15.9 Å². The van der Waals surface area contributed by atoms with Crippen molar-refractivity contribution in [2.45, 2.75) is 32.9 Å². The highest BCUT2D eigenvalue weighted by molar-refractivity contribution is 9.10. The molecule has 0 bridgehead atoms. The lowest BCUT2D eigenvalue weighted by Crippen LogP contribution is -2.35. The Morgan fingerprint density at radius 3 is 2.56 bits per heavy atom. The Hall–Kier alpha value is -0.580. The molecule has 1 aromatic carbocycles. The molecule has 0 aliphatic rings. The smallest absolute Gasteiger partial charge is 0.138 e. The molecule has 0 aliphatic heterocycles. The average molecular weight is 316 g/mol. The Morgan fingerprint density at radius 1 is 1.22 bits per heavy atom. The first kappa shape index (κ1) is 15.5. The van der Waals surface area contributed by atoms with Crippen LogP contribution in [0.25, 0.3) is 0 Å². The van der Waals surface area contributed by atoms with Gasteiger partial charge in [0.05, 0.1) is 11.1 Å². The fraction of sp³-hybridized carbons (Fsp3) is 0.571. The third-order valence-electron chi connectivity index (χ3n) is 2.39. The van der Waals surface area contributed by atoms with Crippen molar-refractivity contribution >= 4 is 15.9 Å². The zero-order valence-electron chi connectivity index (χ0n) is 11.5. The van der Waals surface area contributed by atoms with E-state index >= 15 is 0 Å². The van der Waals surface area contributed by atoms with Gasteiger partial charge in [0.1, 0.15) is 12.4 Å². The predicted molar refractivity (Wildman–Crippen MR) is 78.1 cm³/mol. The van der Waals surface area contributed by atoms with Crippen LogP contribution in [-0.2, 0) is 11.3 Å². The molecule has 4 heteroatoms. The SMILES string of the molecule is COCCOc1c(Br)cccc1CNC(C)(C)C. The molecule has 0 radical (unpaired) electrons. The molecule has 1 aromatic rings. The monoisotopic (exact) mass is 315 g/mol. The third kappa shape index (κ3) is 5.38. The lowest BCUT2D eigenvalue weighted by Gasteiger charge is -2.22. The molecular weight excluding hydrogens is 294 g/mol. The summed E-state index contributed by atoms with van der Waals surface area (Å²) in [5.74, 6) is 0.895. The van der Waals surface area contributed by atoms with Crippen LogP contribution in [0, 0.1) is 0 Å². The van der Waals surface area contributed by atoms with Crippen molar-refractivity contribution in [2.75, 3.05) is 20.3 Å². The first-order valence-electron chi connectivity index (χ1n) is 6.08. The summed E-state index contributed by atoms with van der Waals surface area (Å²) in [4.78, 5) is 0. The van der Waals surface area contributed by atoms with E-state index in [9.17, 15) is 0 Å². The first-order valence-corrected chi connectivity index (χ1v) is 6.87. The van der Waals surface area contributed by atoms with Gasteiger partial charge in [0.15, 0.2) is 0 Å². The Labute approximate surface area is 118 Å². The number of benzene rings is 1. The predicted octanol–water partition coefficient (Wildman–Crippen LogP) is 3.36. The van der Waals surface area contributed by atoms with Gasteiger partial charge < -0.3 is 14.8 Å². The van der Waals surface area contributed by atoms with Crippen LogP contribution in [-0.4, -0.2) is 25.9 Å². The number of rotatable bonds is 6. The van der Waals surface area contributed by atoms with E-state index < -0.39 is 0 Å². The molecule has 0 spiro atoms. The highest BCUT2D eigenvalue weighted by Crippen LogP contribution is 2.29. The van der Waals surface area contributed by atoms with E-state index in [0.717, 1.165) is 22.3 Å². The Bertz CT molecular complexity index is 375. The average Bonchev–Trinajstić information content (AvgIpc) is 2.28. The molecule has 1 rings (SSSR count). The van der Waals surface area contributed by atoms with Gasteiger partial charge in [-0.25, -0.2) is 0 Å². The fourth-order valence-corrected chi connectivity index (χ4v) is 1.96. The van der Waals surface area contributed by atoms with Crippen molar-refractivity contribution in [3.63, 3.8) is 0 Å². The minimum atomic E-state index is 0.0894. The van der Waals surface area contributed by atoms with E-state index in [4.69, 9.17) is 9.47 Å². The van der Waals surface area contributed by atoms with E-state index in [1.165, 1.54) is 0 Å². The van der Waals surface area contributed by atoms with Gasteiger partial charge in [-0.05, 0) is 42.8 Å². The molecule has 0 saturated heterocycles. The summed E-state index contributed by atoms with van der Waals surface area (Å²) in [6.07, 6.45) is 0. The largest absolute Gasteiger partial charge is 0.490 e. The van der Waals surface area contributed by atoms with Crippen LogP contribution in [0.3, 0.4) is 0 Å². The van der Waals surface area contributed by atoms with Gasteiger partial charge in [-0.1, -0.05) is 12.1 Å². The lowest BCUT2D eigenvalue weighted by molar-refractivity contribution is 0.145. The van der Waals surface area contributed by atoms with Crippen molar-refractivity contribution in [3.05, 3.63) is 28.2 Å². The van der Waals surface area contributed by atoms with E-state index in [1.54, 1.807) is 7.11 Å². The zero-order chi connectivity index (χ0) is 13.6. The van der Waals surface area contributed by atoms with Crippen molar-refractivity contribution < 1.29 is 9.47 Å². The molecule has 0 aromatic heterocycles. The first-order chi connectivity index (χ1) is 8.44. The van der Waals surface area contributed by atoms with Crippen LogP contribution in [0.2, 0.25) is 0 Å². The number of halogens is 1. The van der Waals surface area contributed by atoms with Gasteiger partial charge in [0, 0.05) is 24.8 Å². The molecular formula is C14H22BrNO2. The number of hydrogen-bond donors (Lipinski definition) is 1. The quantitative estimate of drug-likeness (QED) is 0.816. The normalized spacial score (nSPS) is 11.6.